The predicted molar refractivity (Wildman–Crippen MR) is 86.8 cm³/mol. The average molecular weight is 312 g/mol. The quantitative estimate of drug-likeness (QED) is 0.693. The maximum absolute atomic E-state index is 12.0. The fourth-order valence-electron chi connectivity index (χ4n) is 1.80. The van der Waals surface area contributed by atoms with Crippen molar-refractivity contribution in [2.75, 3.05) is 11.1 Å². The summed E-state index contributed by atoms with van der Waals surface area (Å²) in [4.78, 5) is 20.7. The molecular weight excluding hydrogens is 296 g/mol. The van der Waals surface area contributed by atoms with Crippen molar-refractivity contribution in [1.29, 1.82) is 5.26 Å². The highest BCUT2D eigenvalue weighted by Crippen LogP contribution is 2.17. The highest BCUT2D eigenvalue weighted by molar-refractivity contribution is 7.99. The number of aryl methyl sites for hydroxylation is 2. The molecule has 0 radical (unpaired) electrons. The summed E-state index contributed by atoms with van der Waals surface area (Å²) in [6.45, 7) is 5.84. The van der Waals surface area contributed by atoms with E-state index in [2.05, 4.69) is 15.3 Å². The number of carbonyl (C=O) groups is 1. The van der Waals surface area contributed by atoms with Gasteiger partial charge in [-0.2, -0.15) is 5.26 Å². The first-order valence-electron chi connectivity index (χ1n) is 6.74. The van der Waals surface area contributed by atoms with E-state index in [4.69, 9.17) is 5.26 Å². The minimum absolute atomic E-state index is 0.153. The zero-order valence-electron chi connectivity index (χ0n) is 12.7. The van der Waals surface area contributed by atoms with Crippen LogP contribution in [0, 0.1) is 32.1 Å². The van der Waals surface area contributed by atoms with E-state index in [9.17, 15) is 4.79 Å². The summed E-state index contributed by atoms with van der Waals surface area (Å²) < 4.78 is 0. The van der Waals surface area contributed by atoms with Crippen LogP contribution in [0.25, 0.3) is 0 Å². The molecule has 0 fully saturated rings. The molecule has 112 valence electrons. The van der Waals surface area contributed by atoms with Gasteiger partial charge in [0.2, 0.25) is 5.91 Å². The van der Waals surface area contributed by atoms with Gasteiger partial charge in [0, 0.05) is 17.1 Å². The molecule has 6 heteroatoms. The summed E-state index contributed by atoms with van der Waals surface area (Å²) in [5.74, 6) is 0.0678. The van der Waals surface area contributed by atoms with Crippen LogP contribution in [0.2, 0.25) is 0 Å². The molecule has 1 amide bonds. The molecule has 0 saturated heterocycles. The second-order valence-corrected chi connectivity index (χ2v) is 5.77. The molecule has 2 rings (SSSR count). The van der Waals surface area contributed by atoms with Crippen molar-refractivity contribution in [3.8, 4) is 6.07 Å². The van der Waals surface area contributed by atoms with Gasteiger partial charge < -0.3 is 5.32 Å². The molecule has 22 heavy (non-hydrogen) atoms. The van der Waals surface area contributed by atoms with Crippen LogP contribution in [-0.2, 0) is 4.79 Å². The van der Waals surface area contributed by atoms with Gasteiger partial charge in [0.05, 0.1) is 17.4 Å². The Morgan fingerprint density at radius 1 is 1.27 bits per heavy atom. The third-order valence-electron chi connectivity index (χ3n) is 3.22. The van der Waals surface area contributed by atoms with Gasteiger partial charge in [-0.25, -0.2) is 9.97 Å². The average Bonchev–Trinajstić information content (AvgIpc) is 2.50. The van der Waals surface area contributed by atoms with Crippen LogP contribution in [0.5, 0.6) is 0 Å². The largest absolute Gasteiger partial charge is 0.325 e. The third-order valence-corrected chi connectivity index (χ3v) is 4.07. The summed E-state index contributed by atoms with van der Waals surface area (Å²) in [7, 11) is 0. The number of thioether (sulfide) groups is 1. The number of hydrogen-bond acceptors (Lipinski definition) is 5. The molecule has 0 unspecified atom stereocenters. The smallest absolute Gasteiger partial charge is 0.234 e. The van der Waals surface area contributed by atoms with Crippen LogP contribution in [0.3, 0.4) is 0 Å². The molecule has 0 aliphatic rings. The highest BCUT2D eigenvalue weighted by Gasteiger charge is 2.08. The number of hydrogen-bond donors (Lipinski definition) is 1. The van der Waals surface area contributed by atoms with E-state index in [1.165, 1.54) is 11.8 Å². The Hall–Kier alpha value is -2.39. The lowest BCUT2D eigenvalue weighted by atomic mass is 10.2. The zero-order chi connectivity index (χ0) is 16.1. The van der Waals surface area contributed by atoms with Crippen LogP contribution < -0.4 is 5.32 Å². The standard InChI is InChI=1S/C16H16N4OS/c1-10-11(2)18-16(19-12(10)3)22-9-15(21)20-14-6-4-5-13(7-14)8-17/h4-7H,9H2,1-3H3,(H,20,21). The van der Waals surface area contributed by atoms with Gasteiger partial charge in [-0.05, 0) is 44.5 Å². The van der Waals surface area contributed by atoms with E-state index in [1.54, 1.807) is 24.3 Å². The molecule has 0 saturated carbocycles. The van der Waals surface area contributed by atoms with E-state index in [-0.39, 0.29) is 11.7 Å². The first-order chi connectivity index (χ1) is 10.5. The third kappa shape index (κ3) is 4.06. The topological polar surface area (TPSA) is 78.7 Å². The maximum Gasteiger partial charge on any atom is 0.234 e. The highest BCUT2D eigenvalue weighted by atomic mass is 32.2. The van der Waals surface area contributed by atoms with Crippen LogP contribution in [0.4, 0.5) is 5.69 Å². The summed E-state index contributed by atoms with van der Waals surface area (Å²) in [6, 6.07) is 8.85. The van der Waals surface area contributed by atoms with Crippen LogP contribution in [0.15, 0.2) is 29.4 Å². The number of carbonyl (C=O) groups excluding carboxylic acids is 1. The minimum atomic E-state index is -0.153. The van der Waals surface area contributed by atoms with Crippen molar-refractivity contribution in [3.63, 3.8) is 0 Å². The van der Waals surface area contributed by atoms with E-state index in [1.807, 2.05) is 26.8 Å². The number of aromatic nitrogens is 2. The normalized spacial score (nSPS) is 10.1. The molecule has 1 aromatic heterocycles. The molecule has 1 heterocycles. The fourth-order valence-corrected chi connectivity index (χ4v) is 2.53. The zero-order valence-corrected chi connectivity index (χ0v) is 13.5. The molecule has 0 aliphatic heterocycles. The number of nitrogens with zero attached hydrogens (tertiary/aromatic N) is 3. The molecule has 0 atom stereocenters. The molecular formula is C16H16N4OS. The van der Waals surface area contributed by atoms with Gasteiger partial charge >= 0.3 is 0 Å². The number of nitrogens with one attached hydrogen (secondary N) is 1. The second kappa shape index (κ2) is 7.05. The second-order valence-electron chi connectivity index (χ2n) is 4.83. The lowest BCUT2D eigenvalue weighted by Gasteiger charge is -2.07. The van der Waals surface area contributed by atoms with E-state index < -0.39 is 0 Å². The van der Waals surface area contributed by atoms with E-state index in [0.29, 0.717) is 16.4 Å². The molecule has 0 spiro atoms. The van der Waals surface area contributed by atoms with E-state index >= 15 is 0 Å². The molecule has 5 nitrogen and oxygen atoms in total. The van der Waals surface area contributed by atoms with Crippen LogP contribution in [-0.4, -0.2) is 21.6 Å². The van der Waals surface area contributed by atoms with Gasteiger partial charge in [0.25, 0.3) is 0 Å². The minimum Gasteiger partial charge on any atom is -0.325 e. The van der Waals surface area contributed by atoms with Gasteiger partial charge in [-0.3, -0.25) is 4.79 Å². The van der Waals surface area contributed by atoms with E-state index in [0.717, 1.165) is 17.0 Å². The van der Waals surface area contributed by atoms with Crippen molar-refractivity contribution >= 4 is 23.4 Å². The van der Waals surface area contributed by atoms with Gasteiger partial charge in [-0.15, -0.1) is 0 Å². The Kier molecular flexibility index (Phi) is 5.12. The maximum atomic E-state index is 12.0. The number of amides is 1. The number of benzene rings is 1. The monoisotopic (exact) mass is 312 g/mol. The Balaban J connectivity index is 1.97. The summed E-state index contributed by atoms with van der Waals surface area (Å²) in [5.41, 5.74) is 4.05. The Morgan fingerprint density at radius 2 is 1.95 bits per heavy atom. The Bertz CT molecular complexity index is 729. The van der Waals surface area contributed by atoms with Crippen LogP contribution >= 0.6 is 11.8 Å². The fraction of sp³-hybridized carbons (Fsp3) is 0.250. The number of anilines is 1. The van der Waals surface area contributed by atoms with Crippen molar-refractivity contribution in [2.24, 2.45) is 0 Å². The summed E-state index contributed by atoms with van der Waals surface area (Å²) in [6.07, 6.45) is 0. The van der Waals surface area contributed by atoms with Crippen LogP contribution in [0.1, 0.15) is 22.5 Å². The summed E-state index contributed by atoms with van der Waals surface area (Å²) >= 11 is 1.30. The number of nitriles is 1. The lowest BCUT2D eigenvalue weighted by Crippen LogP contribution is -2.14. The molecule has 0 aliphatic carbocycles. The Morgan fingerprint density at radius 3 is 2.59 bits per heavy atom. The molecule has 1 aromatic carbocycles. The van der Waals surface area contributed by atoms with Crippen molar-refractivity contribution < 1.29 is 4.79 Å². The first-order valence-corrected chi connectivity index (χ1v) is 7.73. The van der Waals surface area contributed by atoms with Gasteiger partial charge in [0.15, 0.2) is 5.16 Å². The summed E-state index contributed by atoms with van der Waals surface area (Å²) in [5, 5.41) is 12.2. The van der Waals surface area contributed by atoms with Gasteiger partial charge in [-0.1, -0.05) is 17.8 Å². The SMILES string of the molecule is Cc1nc(SCC(=O)Nc2cccc(C#N)c2)nc(C)c1C. The molecule has 2 aromatic rings. The van der Waals surface area contributed by atoms with Crippen molar-refractivity contribution in [3.05, 3.63) is 46.8 Å². The van der Waals surface area contributed by atoms with Crippen molar-refractivity contribution in [2.45, 2.75) is 25.9 Å². The first kappa shape index (κ1) is 16.0. The Labute approximate surface area is 133 Å². The molecule has 1 N–H and O–H groups in total. The lowest BCUT2D eigenvalue weighted by molar-refractivity contribution is -0.113. The molecule has 0 bridgehead atoms. The number of rotatable bonds is 4. The van der Waals surface area contributed by atoms with Gasteiger partial charge in [0.1, 0.15) is 0 Å². The predicted octanol–water partition coefficient (Wildman–Crippen LogP) is 3.00. The van der Waals surface area contributed by atoms with Crippen molar-refractivity contribution in [1.82, 2.24) is 9.97 Å².